The number of hydrogen-bond donors (Lipinski definition) is 0. The maximum absolute atomic E-state index is 12.1. The summed E-state index contributed by atoms with van der Waals surface area (Å²) in [5.41, 5.74) is 1.14. The van der Waals surface area contributed by atoms with Crippen LogP contribution >= 0.6 is 11.3 Å². The summed E-state index contributed by atoms with van der Waals surface area (Å²) >= 11 is 1.62. The van der Waals surface area contributed by atoms with E-state index in [1.165, 1.54) is 0 Å². The van der Waals surface area contributed by atoms with E-state index in [0.29, 0.717) is 12.8 Å². The predicted octanol–water partition coefficient (Wildman–Crippen LogP) is 2.86. The fourth-order valence-electron chi connectivity index (χ4n) is 2.06. The van der Waals surface area contributed by atoms with E-state index in [0.717, 1.165) is 16.2 Å². The van der Waals surface area contributed by atoms with Crippen LogP contribution in [0, 0.1) is 0 Å². The van der Waals surface area contributed by atoms with E-state index in [1.807, 2.05) is 41.8 Å². The summed E-state index contributed by atoms with van der Waals surface area (Å²) in [6.45, 7) is 0. The largest absolute Gasteiger partial charge is 0.482 e. The molecule has 86 valence electrons. The molecule has 1 unspecified atom stereocenters. The number of Topliss-reactive ketones (excluding diaryl/α,β-unsaturated/α-hetero) is 1. The molecular weight excluding hydrogens is 232 g/mol. The van der Waals surface area contributed by atoms with Crippen LogP contribution in [0.5, 0.6) is 5.75 Å². The van der Waals surface area contributed by atoms with Crippen molar-refractivity contribution >= 4 is 17.1 Å². The zero-order valence-electron chi connectivity index (χ0n) is 9.26. The van der Waals surface area contributed by atoms with Gasteiger partial charge in [0.2, 0.25) is 0 Å². The number of rotatable bonds is 3. The number of para-hydroxylation sites is 1. The summed E-state index contributed by atoms with van der Waals surface area (Å²) in [6.07, 6.45) is 0.894. The van der Waals surface area contributed by atoms with Crippen LogP contribution in [0.3, 0.4) is 0 Å². The number of benzene rings is 1. The molecule has 2 nitrogen and oxygen atoms in total. The SMILES string of the molecule is O=C(Cc1cccs1)C1Cc2ccccc2O1. The summed E-state index contributed by atoms with van der Waals surface area (Å²) < 4.78 is 5.67. The second kappa shape index (κ2) is 4.34. The normalized spacial score (nSPS) is 17.5. The summed E-state index contributed by atoms with van der Waals surface area (Å²) in [4.78, 5) is 13.2. The summed E-state index contributed by atoms with van der Waals surface area (Å²) in [5.74, 6) is 1.03. The Labute approximate surface area is 104 Å². The van der Waals surface area contributed by atoms with Crippen molar-refractivity contribution in [2.24, 2.45) is 0 Å². The van der Waals surface area contributed by atoms with Crippen LogP contribution < -0.4 is 4.74 Å². The van der Waals surface area contributed by atoms with E-state index in [4.69, 9.17) is 4.74 Å². The van der Waals surface area contributed by atoms with Gasteiger partial charge in [0.1, 0.15) is 5.75 Å². The van der Waals surface area contributed by atoms with Gasteiger partial charge in [-0.3, -0.25) is 4.79 Å². The van der Waals surface area contributed by atoms with Gasteiger partial charge in [0.05, 0.1) is 0 Å². The number of ketones is 1. The Kier molecular flexibility index (Phi) is 2.69. The van der Waals surface area contributed by atoms with Crippen molar-refractivity contribution in [3.05, 3.63) is 52.2 Å². The van der Waals surface area contributed by atoms with Gasteiger partial charge in [-0.25, -0.2) is 0 Å². The van der Waals surface area contributed by atoms with Crippen molar-refractivity contribution in [2.75, 3.05) is 0 Å². The molecule has 0 fully saturated rings. The van der Waals surface area contributed by atoms with E-state index in [2.05, 4.69) is 0 Å². The lowest BCUT2D eigenvalue weighted by Gasteiger charge is -2.08. The lowest BCUT2D eigenvalue weighted by atomic mass is 10.1. The van der Waals surface area contributed by atoms with Gasteiger partial charge in [0, 0.05) is 17.7 Å². The van der Waals surface area contributed by atoms with Crippen molar-refractivity contribution in [2.45, 2.75) is 18.9 Å². The molecule has 0 aliphatic carbocycles. The third-order valence-corrected chi connectivity index (χ3v) is 3.81. The Balaban J connectivity index is 1.70. The van der Waals surface area contributed by atoms with Crippen LogP contribution in [0.4, 0.5) is 0 Å². The van der Waals surface area contributed by atoms with Gasteiger partial charge in [0.25, 0.3) is 0 Å². The van der Waals surface area contributed by atoms with Gasteiger partial charge < -0.3 is 4.74 Å². The Morgan fingerprint density at radius 1 is 1.29 bits per heavy atom. The number of carbonyl (C=O) groups excluding carboxylic acids is 1. The molecule has 3 rings (SSSR count). The molecular formula is C14H12O2S. The van der Waals surface area contributed by atoms with Crippen LogP contribution in [0.25, 0.3) is 0 Å². The molecule has 1 atom stereocenters. The highest BCUT2D eigenvalue weighted by Crippen LogP contribution is 2.29. The minimum atomic E-state index is -0.297. The maximum atomic E-state index is 12.1. The molecule has 0 spiro atoms. The molecule has 0 amide bonds. The van der Waals surface area contributed by atoms with Crippen molar-refractivity contribution in [3.63, 3.8) is 0 Å². The first-order valence-corrected chi connectivity index (χ1v) is 6.50. The van der Waals surface area contributed by atoms with Gasteiger partial charge in [-0.1, -0.05) is 24.3 Å². The zero-order valence-corrected chi connectivity index (χ0v) is 10.1. The molecule has 0 radical (unpaired) electrons. The average molecular weight is 244 g/mol. The van der Waals surface area contributed by atoms with Gasteiger partial charge in [0.15, 0.2) is 11.9 Å². The molecule has 2 aromatic rings. The smallest absolute Gasteiger partial charge is 0.178 e. The Morgan fingerprint density at radius 2 is 2.18 bits per heavy atom. The first-order chi connectivity index (χ1) is 8.33. The molecule has 3 heteroatoms. The molecule has 17 heavy (non-hydrogen) atoms. The Hall–Kier alpha value is -1.61. The quantitative estimate of drug-likeness (QED) is 0.830. The molecule has 0 bridgehead atoms. The lowest BCUT2D eigenvalue weighted by Crippen LogP contribution is -2.26. The minimum Gasteiger partial charge on any atom is -0.482 e. The highest BCUT2D eigenvalue weighted by Gasteiger charge is 2.28. The second-order valence-corrected chi connectivity index (χ2v) is 5.17. The van der Waals surface area contributed by atoms with E-state index in [-0.39, 0.29) is 11.9 Å². The minimum absolute atomic E-state index is 0.170. The van der Waals surface area contributed by atoms with E-state index >= 15 is 0 Å². The predicted molar refractivity (Wildman–Crippen MR) is 67.6 cm³/mol. The molecule has 1 aromatic heterocycles. The number of thiophene rings is 1. The molecule has 2 heterocycles. The molecule has 0 saturated carbocycles. The van der Waals surface area contributed by atoms with Crippen LogP contribution in [-0.2, 0) is 17.6 Å². The van der Waals surface area contributed by atoms with Crippen LogP contribution in [0.15, 0.2) is 41.8 Å². The van der Waals surface area contributed by atoms with E-state index in [9.17, 15) is 4.79 Å². The average Bonchev–Trinajstić information content (AvgIpc) is 2.96. The van der Waals surface area contributed by atoms with Crippen LogP contribution in [0.2, 0.25) is 0 Å². The Bertz CT molecular complexity index is 506. The first-order valence-electron chi connectivity index (χ1n) is 5.62. The fourth-order valence-corrected chi connectivity index (χ4v) is 2.78. The first kappa shape index (κ1) is 10.5. The second-order valence-electron chi connectivity index (χ2n) is 4.14. The van der Waals surface area contributed by atoms with Crippen molar-refractivity contribution in [1.82, 2.24) is 0 Å². The lowest BCUT2D eigenvalue weighted by molar-refractivity contribution is -0.124. The van der Waals surface area contributed by atoms with E-state index in [1.54, 1.807) is 11.3 Å². The van der Waals surface area contributed by atoms with Crippen molar-refractivity contribution < 1.29 is 9.53 Å². The molecule has 1 aromatic carbocycles. The highest BCUT2D eigenvalue weighted by atomic mass is 32.1. The molecule has 1 aliphatic heterocycles. The summed E-state index contributed by atoms with van der Waals surface area (Å²) in [6, 6.07) is 11.8. The molecule has 0 N–H and O–H groups in total. The summed E-state index contributed by atoms with van der Waals surface area (Å²) in [5, 5.41) is 1.99. The monoisotopic (exact) mass is 244 g/mol. The van der Waals surface area contributed by atoms with Crippen LogP contribution in [-0.4, -0.2) is 11.9 Å². The van der Waals surface area contributed by atoms with Crippen LogP contribution in [0.1, 0.15) is 10.4 Å². The van der Waals surface area contributed by atoms with Gasteiger partial charge in [-0.05, 0) is 23.1 Å². The third-order valence-electron chi connectivity index (χ3n) is 2.93. The standard InChI is InChI=1S/C14H12O2S/c15-12(9-11-5-3-7-17-11)14-8-10-4-1-2-6-13(10)16-14/h1-7,14H,8-9H2. The third kappa shape index (κ3) is 2.11. The van der Waals surface area contributed by atoms with Crippen molar-refractivity contribution in [3.8, 4) is 5.75 Å². The number of fused-ring (bicyclic) bond motifs is 1. The van der Waals surface area contributed by atoms with Gasteiger partial charge >= 0.3 is 0 Å². The van der Waals surface area contributed by atoms with Gasteiger partial charge in [-0.15, -0.1) is 11.3 Å². The molecule has 0 saturated heterocycles. The maximum Gasteiger partial charge on any atom is 0.178 e. The van der Waals surface area contributed by atoms with Gasteiger partial charge in [-0.2, -0.15) is 0 Å². The fraction of sp³-hybridized carbons (Fsp3) is 0.214. The van der Waals surface area contributed by atoms with E-state index < -0.39 is 0 Å². The summed E-state index contributed by atoms with van der Waals surface area (Å²) in [7, 11) is 0. The topological polar surface area (TPSA) is 26.3 Å². The number of carbonyl (C=O) groups is 1. The Morgan fingerprint density at radius 3 is 2.94 bits per heavy atom. The number of hydrogen-bond acceptors (Lipinski definition) is 3. The highest BCUT2D eigenvalue weighted by molar-refractivity contribution is 7.10. The molecule has 1 aliphatic rings. The number of ether oxygens (including phenoxy) is 1. The zero-order chi connectivity index (χ0) is 11.7. The van der Waals surface area contributed by atoms with Crippen molar-refractivity contribution in [1.29, 1.82) is 0 Å².